The van der Waals surface area contributed by atoms with Gasteiger partial charge >= 0.3 is 0 Å². The molecular weight excluding hydrogens is 244 g/mol. The van der Waals surface area contributed by atoms with Gasteiger partial charge < -0.3 is 10.0 Å². The summed E-state index contributed by atoms with van der Waals surface area (Å²) in [4.78, 5) is 8.06. The lowest BCUT2D eigenvalue weighted by atomic mass is 9.91. The van der Waals surface area contributed by atoms with Gasteiger partial charge in [-0.25, -0.2) is 4.98 Å². The highest BCUT2D eigenvalue weighted by Gasteiger charge is 2.24. The molecule has 0 aliphatic rings. The van der Waals surface area contributed by atoms with Crippen molar-refractivity contribution >= 4 is 16.5 Å². The largest absolute Gasteiger partial charge is 0.391 e. The van der Waals surface area contributed by atoms with Gasteiger partial charge in [0.25, 0.3) is 0 Å². The molecule has 0 aromatic carbocycles. The molecule has 1 aromatic rings. The van der Waals surface area contributed by atoms with Crippen LogP contribution in [-0.2, 0) is 12.0 Å². The van der Waals surface area contributed by atoms with Crippen molar-refractivity contribution in [3.63, 3.8) is 0 Å². The number of aromatic nitrogens is 1. The maximum Gasteiger partial charge on any atom is 0.185 e. The highest BCUT2D eigenvalue weighted by Crippen LogP contribution is 2.34. The molecule has 0 saturated carbocycles. The number of aliphatic hydroxyl groups is 1. The highest BCUT2D eigenvalue weighted by atomic mass is 32.1. The van der Waals surface area contributed by atoms with Crippen molar-refractivity contribution in [1.82, 2.24) is 4.98 Å². The van der Waals surface area contributed by atoms with E-state index in [2.05, 4.69) is 46.4 Å². The second-order valence-electron chi connectivity index (χ2n) is 6.11. The number of rotatable bonds is 5. The standard InChI is InChI=1S/C14H26N2OS/c1-7-16(8-10(2)3)13-15-12(14(4,5)6)11(9-17)18-13/h10,17H,7-9H2,1-6H3. The number of hydrogen-bond acceptors (Lipinski definition) is 4. The zero-order valence-corrected chi connectivity index (χ0v) is 13.3. The maximum atomic E-state index is 9.48. The predicted molar refractivity (Wildman–Crippen MR) is 79.5 cm³/mol. The molecule has 1 N–H and O–H groups in total. The molecule has 0 aliphatic heterocycles. The number of hydrogen-bond donors (Lipinski definition) is 1. The Morgan fingerprint density at radius 1 is 1.33 bits per heavy atom. The quantitative estimate of drug-likeness (QED) is 0.890. The molecule has 0 bridgehead atoms. The molecule has 1 aromatic heterocycles. The zero-order valence-electron chi connectivity index (χ0n) is 12.4. The first-order valence-corrected chi connectivity index (χ1v) is 7.47. The summed E-state index contributed by atoms with van der Waals surface area (Å²) in [7, 11) is 0. The van der Waals surface area contributed by atoms with E-state index in [1.54, 1.807) is 11.3 Å². The van der Waals surface area contributed by atoms with Crippen molar-refractivity contribution in [1.29, 1.82) is 0 Å². The third-order valence-corrected chi connectivity index (χ3v) is 3.88. The Morgan fingerprint density at radius 3 is 2.28 bits per heavy atom. The molecule has 4 heteroatoms. The van der Waals surface area contributed by atoms with Gasteiger partial charge in [-0.2, -0.15) is 0 Å². The third kappa shape index (κ3) is 3.69. The van der Waals surface area contributed by atoms with Gasteiger partial charge in [0.2, 0.25) is 0 Å². The summed E-state index contributed by atoms with van der Waals surface area (Å²) in [6.45, 7) is 15.1. The molecule has 1 heterocycles. The molecule has 0 radical (unpaired) electrons. The average Bonchev–Trinajstić information content (AvgIpc) is 2.69. The van der Waals surface area contributed by atoms with E-state index in [1.807, 2.05) is 0 Å². The van der Waals surface area contributed by atoms with Crippen LogP contribution >= 0.6 is 11.3 Å². The Kier molecular flexibility index (Phi) is 5.17. The third-order valence-electron chi connectivity index (χ3n) is 2.78. The van der Waals surface area contributed by atoms with Crippen molar-refractivity contribution in [2.45, 2.75) is 53.6 Å². The van der Waals surface area contributed by atoms with Crippen molar-refractivity contribution in [3.8, 4) is 0 Å². The van der Waals surface area contributed by atoms with E-state index in [4.69, 9.17) is 4.98 Å². The van der Waals surface area contributed by atoms with Gasteiger partial charge in [0.05, 0.1) is 17.2 Å². The van der Waals surface area contributed by atoms with Gasteiger partial charge in [0, 0.05) is 18.5 Å². The van der Waals surface area contributed by atoms with E-state index < -0.39 is 0 Å². The summed E-state index contributed by atoms with van der Waals surface area (Å²) in [5.74, 6) is 0.615. The van der Waals surface area contributed by atoms with Crippen LogP contribution in [-0.4, -0.2) is 23.2 Å². The van der Waals surface area contributed by atoms with Crippen LogP contribution in [0, 0.1) is 5.92 Å². The Balaban J connectivity index is 3.07. The van der Waals surface area contributed by atoms with Gasteiger partial charge in [0.15, 0.2) is 5.13 Å². The molecule has 0 atom stereocenters. The molecule has 0 amide bonds. The van der Waals surface area contributed by atoms with E-state index in [0.29, 0.717) is 5.92 Å². The molecular formula is C14H26N2OS. The number of thiazole rings is 1. The molecule has 104 valence electrons. The molecule has 0 saturated heterocycles. The molecule has 1 rings (SSSR count). The number of anilines is 1. The van der Waals surface area contributed by atoms with Gasteiger partial charge in [-0.1, -0.05) is 46.0 Å². The predicted octanol–water partition coefficient (Wildman–Crippen LogP) is 3.42. The van der Waals surface area contributed by atoms with E-state index in [-0.39, 0.29) is 12.0 Å². The Hall–Kier alpha value is -0.610. The van der Waals surface area contributed by atoms with Crippen LogP contribution in [0.25, 0.3) is 0 Å². The molecule has 3 nitrogen and oxygen atoms in total. The number of nitrogens with zero attached hydrogens (tertiary/aromatic N) is 2. The fourth-order valence-electron chi connectivity index (χ4n) is 1.95. The Labute approximate surface area is 115 Å². The van der Waals surface area contributed by atoms with Crippen LogP contribution in [0.2, 0.25) is 0 Å². The molecule has 18 heavy (non-hydrogen) atoms. The topological polar surface area (TPSA) is 36.4 Å². The summed E-state index contributed by atoms with van der Waals surface area (Å²) in [6.07, 6.45) is 0. The van der Waals surface area contributed by atoms with Crippen molar-refractivity contribution in [2.24, 2.45) is 5.92 Å². The van der Waals surface area contributed by atoms with Crippen molar-refractivity contribution < 1.29 is 5.11 Å². The van der Waals surface area contributed by atoms with Crippen molar-refractivity contribution in [2.75, 3.05) is 18.0 Å². The summed E-state index contributed by atoms with van der Waals surface area (Å²) >= 11 is 1.63. The maximum absolute atomic E-state index is 9.48. The van der Waals surface area contributed by atoms with Crippen LogP contribution < -0.4 is 4.90 Å². The zero-order chi connectivity index (χ0) is 13.9. The summed E-state index contributed by atoms with van der Waals surface area (Å²) < 4.78 is 0. The lowest BCUT2D eigenvalue weighted by Crippen LogP contribution is -2.27. The normalized spacial score (nSPS) is 12.2. The fourth-order valence-corrected chi connectivity index (χ4v) is 3.15. The fraction of sp³-hybridized carbons (Fsp3) is 0.786. The lowest BCUT2D eigenvalue weighted by Gasteiger charge is -2.22. The second kappa shape index (κ2) is 6.02. The van der Waals surface area contributed by atoms with Crippen LogP contribution in [0.3, 0.4) is 0 Å². The van der Waals surface area contributed by atoms with Crippen LogP contribution in [0.5, 0.6) is 0 Å². The first-order valence-electron chi connectivity index (χ1n) is 6.65. The highest BCUT2D eigenvalue weighted by molar-refractivity contribution is 7.15. The van der Waals surface area contributed by atoms with Crippen LogP contribution in [0.15, 0.2) is 0 Å². The minimum atomic E-state index is -0.00987. The molecule has 0 aliphatic carbocycles. The molecule has 0 fully saturated rings. The first-order chi connectivity index (χ1) is 8.29. The average molecular weight is 270 g/mol. The second-order valence-corrected chi connectivity index (χ2v) is 7.17. The SMILES string of the molecule is CCN(CC(C)C)c1nc(C(C)(C)C)c(CO)s1. The minimum absolute atomic E-state index is 0.00987. The lowest BCUT2D eigenvalue weighted by molar-refractivity contribution is 0.282. The monoisotopic (exact) mass is 270 g/mol. The minimum Gasteiger partial charge on any atom is -0.391 e. The van der Waals surface area contributed by atoms with E-state index >= 15 is 0 Å². The van der Waals surface area contributed by atoms with Gasteiger partial charge in [-0.3, -0.25) is 0 Å². The summed E-state index contributed by atoms with van der Waals surface area (Å²) in [5, 5.41) is 10.5. The van der Waals surface area contributed by atoms with E-state index in [0.717, 1.165) is 28.8 Å². The smallest absolute Gasteiger partial charge is 0.185 e. The van der Waals surface area contributed by atoms with Gasteiger partial charge in [0.1, 0.15) is 0 Å². The van der Waals surface area contributed by atoms with E-state index in [9.17, 15) is 5.11 Å². The molecule has 0 spiro atoms. The van der Waals surface area contributed by atoms with Gasteiger partial charge in [-0.05, 0) is 12.8 Å². The van der Waals surface area contributed by atoms with E-state index in [1.165, 1.54) is 0 Å². The summed E-state index contributed by atoms with van der Waals surface area (Å²) in [6, 6.07) is 0. The van der Waals surface area contributed by atoms with Crippen LogP contribution in [0.4, 0.5) is 5.13 Å². The first kappa shape index (κ1) is 15.4. The van der Waals surface area contributed by atoms with Crippen molar-refractivity contribution in [3.05, 3.63) is 10.6 Å². The Bertz CT molecular complexity index is 380. The van der Waals surface area contributed by atoms with Crippen LogP contribution in [0.1, 0.15) is 52.1 Å². The Morgan fingerprint density at radius 2 is 1.94 bits per heavy atom. The van der Waals surface area contributed by atoms with Gasteiger partial charge in [-0.15, -0.1) is 0 Å². The molecule has 0 unspecified atom stereocenters. The summed E-state index contributed by atoms with van der Waals surface area (Å²) in [5.41, 5.74) is 1.02. The number of aliphatic hydroxyl groups excluding tert-OH is 1.